The zero-order valence-corrected chi connectivity index (χ0v) is 25.0. The quantitative estimate of drug-likeness (QED) is 0.278. The molecule has 3 aliphatic carbocycles. The fraction of sp³-hybridized carbons (Fsp3) is 0.324. The smallest absolute Gasteiger partial charge is 0.255 e. The standard InChI is InChI=1S/C34H35N3O7/c1-36(2)15-16-9-10-20(19-8-6-5-7-18(16)19)21-11-12-24(38)26-22(21)13-17-14-23-28(37(3)4)30(40)27(33(35)43)32(42)34(23,44)31(41)25(17)29(26)39/h5-12,17,23,28,38-39,42,44H,13-15H2,1-4H3,(H2,35,43). The van der Waals surface area contributed by atoms with Gasteiger partial charge in [0.15, 0.2) is 11.4 Å². The van der Waals surface area contributed by atoms with Crippen molar-refractivity contribution in [3.05, 3.63) is 82.1 Å². The molecule has 6 rings (SSSR count). The van der Waals surface area contributed by atoms with Crippen molar-refractivity contribution in [3.8, 4) is 16.9 Å². The van der Waals surface area contributed by atoms with E-state index in [1.807, 2.05) is 38.4 Å². The van der Waals surface area contributed by atoms with E-state index in [-0.39, 0.29) is 29.7 Å². The Balaban J connectivity index is 1.56. The second-order valence-corrected chi connectivity index (χ2v) is 12.5. The van der Waals surface area contributed by atoms with Gasteiger partial charge in [0.05, 0.1) is 11.6 Å². The monoisotopic (exact) mass is 597 g/mol. The number of aliphatic hydroxyl groups excluding tert-OH is 2. The van der Waals surface area contributed by atoms with Crippen LogP contribution in [-0.2, 0) is 27.3 Å². The molecular formula is C34H35N3O7. The van der Waals surface area contributed by atoms with Crippen molar-refractivity contribution in [2.45, 2.75) is 31.0 Å². The number of carbonyl (C=O) groups excluding carboxylic acids is 3. The summed E-state index contributed by atoms with van der Waals surface area (Å²) in [6.07, 6.45) is 0.245. The Kier molecular flexibility index (Phi) is 6.92. The Bertz CT molecular complexity index is 1840. The maximum Gasteiger partial charge on any atom is 0.255 e. The third-order valence-electron chi connectivity index (χ3n) is 9.40. The molecule has 0 saturated heterocycles. The van der Waals surface area contributed by atoms with Gasteiger partial charge in [-0.1, -0.05) is 42.5 Å². The summed E-state index contributed by atoms with van der Waals surface area (Å²) in [5.41, 5.74) is 5.23. The number of aromatic hydroxyl groups is 1. The van der Waals surface area contributed by atoms with E-state index in [2.05, 4.69) is 17.0 Å². The first kappa shape index (κ1) is 29.6. The largest absolute Gasteiger partial charge is 0.508 e. The number of primary amides is 1. The summed E-state index contributed by atoms with van der Waals surface area (Å²) >= 11 is 0. The average molecular weight is 598 g/mol. The first-order chi connectivity index (χ1) is 20.8. The van der Waals surface area contributed by atoms with E-state index in [0.717, 1.165) is 34.0 Å². The number of hydrogen-bond acceptors (Lipinski definition) is 9. The van der Waals surface area contributed by atoms with Gasteiger partial charge in [0.2, 0.25) is 5.78 Å². The number of nitrogens with two attached hydrogens (primary N) is 1. The lowest BCUT2D eigenvalue weighted by Crippen LogP contribution is -2.65. The van der Waals surface area contributed by atoms with E-state index in [9.17, 15) is 34.8 Å². The number of nitrogens with zero attached hydrogens (tertiary/aromatic N) is 2. The fourth-order valence-corrected chi connectivity index (χ4v) is 7.57. The molecule has 10 nitrogen and oxygen atoms in total. The van der Waals surface area contributed by atoms with E-state index >= 15 is 0 Å². The van der Waals surface area contributed by atoms with Crippen LogP contribution in [0, 0.1) is 11.8 Å². The SMILES string of the molecule is CN(C)Cc1ccc(-c2ccc(O)c3c2CC2CC4C(N(C)C)C(=O)C(C(N)=O)=C(O)C4(O)C(=O)C2=C3O)c2ccccc12. The van der Waals surface area contributed by atoms with E-state index in [0.29, 0.717) is 5.56 Å². The number of hydrogen-bond donors (Lipinski definition) is 5. The molecule has 0 radical (unpaired) electrons. The minimum atomic E-state index is -2.67. The second-order valence-electron chi connectivity index (χ2n) is 12.5. The lowest BCUT2D eigenvalue weighted by molar-refractivity contribution is -0.153. The highest BCUT2D eigenvalue weighted by Crippen LogP contribution is 2.54. The van der Waals surface area contributed by atoms with Gasteiger partial charge in [-0.15, -0.1) is 0 Å². The van der Waals surface area contributed by atoms with Crippen molar-refractivity contribution >= 4 is 34.0 Å². The molecule has 0 aromatic heterocycles. The van der Waals surface area contributed by atoms with Crippen LogP contribution in [0.4, 0.5) is 0 Å². The molecule has 4 atom stereocenters. The topological polar surface area (TPSA) is 165 Å². The number of carbonyl (C=O) groups is 3. The fourth-order valence-electron chi connectivity index (χ4n) is 7.57. The molecule has 0 aliphatic heterocycles. The first-order valence-electron chi connectivity index (χ1n) is 14.4. The first-order valence-corrected chi connectivity index (χ1v) is 14.4. The number of ketones is 2. The number of likely N-dealkylation sites (N-methyl/N-ethyl adjacent to an activating group) is 1. The van der Waals surface area contributed by atoms with Gasteiger partial charge in [-0.3, -0.25) is 19.3 Å². The van der Waals surface area contributed by atoms with E-state index in [1.165, 1.54) is 11.0 Å². The van der Waals surface area contributed by atoms with Crippen LogP contribution in [0.3, 0.4) is 0 Å². The van der Waals surface area contributed by atoms with Crippen molar-refractivity contribution in [1.82, 2.24) is 9.80 Å². The minimum Gasteiger partial charge on any atom is -0.508 e. The number of rotatable bonds is 5. The van der Waals surface area contributed by atoms with Gasteiger partial charge in [0.1, 0.15) is 22.8 Å². The molecule has 1 saturated carbocycles. The van der Waals surface area contributed by atoms with E-state index in [4.69, 9.17) is 5.73 Å². The summed E-state index contributed by atoms with van der Waals surface area (Å²) in [6, 6.07) is 14.2. The highest BCUT2D eigenvalue weighted by molar-refractivity contribution is 6.24. The third-order valence-corrected chi connectivity index (χ3v) is 9.40. The highest BCUT2D eigenvalue weighted by Gasteiger charge is 2.64. The Hall–Kier alpha value is -4.51. The molecule has 228 valence electrons. The molecule has 1 amide bonds. The zero-order chi connectivity index (χ0) is 31.8. The lowest BCUT2D eigenvalue weighted by Gasteiger charge is -2.50. The van der Waals surface area contributed by atoms with Crippen molar-refractivity contribution < 1.29 is 34.8 Å². The number of phenolic OH excluding ortho intramolecular Hbond substituents is 1. The number of Topliss-reactive ketones (excluding diaryl/α,β-unsaturated/α-hetero) is 2. The Morgan fingerprint density at radius 2 is 1.61 bits per heavy atom. The molecule has 3 aliphatic rings. The van der Waals surface area contributed by atoms with Gasteiger partial charge in [-0.25, -0.2) is 0 Å². The average Bonchev–Trinajstić information content (AvgIpc) is 2.95. The summed E-state index contributed by atoms with van der Waals surface area (Å²) in [7, 11) is 7.16. The molecule has 6 N–H and O–H groups in total. The van der Waals surface area contributed by atoms with Crippen LogP contribution in [0.15, 0.2) is 65.4 Å². The van der Waals surface area contributed by atoms with Crippen molar-refractivity contribution in [2.75, 3.05) is 28.2 Å². The summed E-state index contributed by atoms with van der Waals surface area (Å²) in [6.45, 7) is 0.736. The molecule has 3 aromatic rings. The number of benzene rings is 3. The number of phenols is 1. The molecule has 44 heavy (non-hydrogen) atoms. The van der Waals surface area contributed by atoms with Crippen LogP contribution in [0.2, 0.25) is 0 Å². The number of amides is 1. The molecular weight excluding hydrogens is 562 g/mol. The van der Waals surface area contributed by atoms with Gasteiger partial charge < -0.3 is 31.1 Å². The predicted molar refractivity (Wildman–Crippen MR) is 165 cm³/mol. The lowest BCUT2D eigenvalue weighted by atomic mass is 9.57. The van der Waals surface area contributed by atoms with Crippen LogP contribution >= 0.6 is 0 Å². The molecule has 0 spiro atoms. The van der Waals surface area contributed by atoms with E-state index in [1.54, 1.807) is 20.2 Å². The Morgan fingerprint density at radius 3 is 2.25 bits per heavy atom. The molecule has 3 aromatic carbocycles. The maximum absolute atomic E-state index is 14.1. The van der Waals surface area contributed by atoms with Crippen LogP contribution in [0.1, 0.15) is 23.1 Å². The summed E-state index contributed by atoms with van der Waals surface area (Å²) in [5.74, 6) is -6.71. The molecule has 4 unspecified atom stereocenters. The van der Waals surface area contributed by atoms with Gasteiger partial charge in [0, 0.05) is 18.0 Å². The van der Waals surface area contributed by atoms with Gasteiger partial charge in [-0.05, 0) is 86.0 Å². The molecule has 0 bridgehead atoms. The van der Waals surface area contributed by atoms with Crippen molar-refractivity contribution in [3.63, 3.8) is 0 Å². The summed E-state index contributed by atoms with van der Waals surface area (Å²) in [5, 5.41) is 47.6. The number of fused-ring (bicyclic) bond motifs is 4. The molecule has 0 heterocycles. The van der Waals surface area contributed by atoms with Crippen molar-refractivity contribution in [1.29, 1.82) is 0 Å². The normalized spacial score (nSPS) is 25.0. The van der Waals surface area contributed by atoms with Gasteiger partial charge in [0.25, 0.3) is 5.91 Å². The predicted octanol–water partition coefficient (Wildman–Crippen LogP) is 2.85. The van der Waals surface area contributed by atoms with E-state index < -0.39 is 58.0 Å². The highest BCUT2D eigenvalue weighted by atomic mass is 16.3. The van der Waals surface area contributed by atoms with Crippen LogP contribution in [0.5, 0.6) is 5.75 Å². The summed E-state index contributed by atoms with van der Waals surface area (Å²) < 4.78 is 0. The minimum absolute atomic E-state index is 0.0311. The maximum atomic E-state index is 14.1. The second kappa shape index (κ2) is 10.3. The summed E-state index contributed by atoms with van der Waals surface area (Å²) in [4.78, 5) is 43.3. The van der Waals surface area contributed by atoms with Gasteiger partial charge in [-0.2, -0.15) is 0 Å². The third kappa shape index (κ3) is 4.09. The number of aliphatic hydroxyl groups is 3. The molecule has 1 fully saturated rings. The Labute approximate surface area is 254 Å². The van der Waals surface area contributed by atoms with Crippen molar-refractivity contribution in [2.24, 2.45) is 17.6 Å². The van der Waals surface area contributed by atoms with Crippen LogP contribution in [-0.4, -0.2) is 87.5 Å². The Morgan fingerprint density at radius 1 is 0.955 bits per heavy atom. The molecule has 10 heteroatoms. The van der Waals surface area contributed by atoms with Crippen LogP contribution < -0.4 is 5.73 Å². The van der Waals surface area contributed by atoms with Crippen LogP contribution in [0.25, 0.3) is 27.7 Å². The van der Waals surface area contributed by atoms with Gasteiger partial charge >= 0.3 is 0 Å². The zero-order valence-electron chi connectivity index (χ0n) is 25.0.